The second-order valence-corrected chi connectivity index (χ2v) is 4.47. The average Bonchev–Trinajstić information content (AvgIpc) is 2.85. The van der Waals surface area contributed by atoms with Crippen LogP contribution in [0.25, 0.3) is 0 Å². The van der Waals surface area contributed by atoms with Crippen LogP contribution >= 0.6 is 0 Å². The van der Waals surface area contributed by atoms with Crippen LogP contribution in [0.4, 0.5) is 4.79 Å². The minimum atomic E-state index is -1.40. The Kier molecular flexibility index (Phi) is 5.56. The number of carbonyl (C=O) groups excluding carboxylic acids is 2. The molecular formula is C11H19N3O5. The van der Waals surface area contributed by atoms with Gasteiger partial charge in [-0.15, -0.1) is 0 Å². The zero-order chi connectivity index (χ0) is 14.4. The number of amides is 3. The minimum absolute atomic E-state index is 0.183. The lowest BCUT2D eigenvalue weighted by Crippen LogP contribution is -2.52. The molecule has 0 bridgehead atoms. The van der Waals surface area contributed by atoms with E-state index in [9.17, 15) is 19.5 Å². The van der Waals surface area contributed by atoms with E-state index in [0.717, 1.165) is 12.8 Å². The lowest BCUT2D eigenvalue weighted by atomic mass is 10.2. The standard InChI is InChI=1S/C11H19N3O5/c1-7(15)9(10(17)18)13-11(19)12-6-8(16)14-4-2-3-5-14/h7,9,15H,2-6H2,1H3,(H,17,18)(H2,12,13,19). The van der Waals surface area contributed by atoms with Crippen molar-refractivity contribution in [2.45, 2.75) is 31.9 Å². The van der Waals surface area contributed by atoms with Gasteiger partial charge in [0.2, 0.25) is 5.91 Å². The number of rotatable bonds is 5. The third-order valence-corrected chi connectivity index (χ3v) is 2.89. The molecule has 2 atom stereocenters. The predicted octanol–water partition coefficient (Wildman–Crippen LogP) is -1.26. The van der Waals surface area contributed by atoms with Gasteiger partial charge in [0.05, 0.1) is 12.6 Å². The molecular weight excluding hydrogens is 254 g/mol. The molecule has 108 valence electrons. The molecule has 4 N–H and O–H groups in total. The van der Waals surface area contributed by atoms with Crippen molar-refractivity contribution in [3.63, 3.8) is 0 Å². The maximum Gasteiger partial charge on any atom is 0.328 e. The number of aliphatic carboxylic acids is 1. The summed E-state index contributed by atoms with van der Waals surface area (Å²) < 4.78 is 0. The summed E-state index contributed by atoms with van der Waals surface area (Å²) in [7, 11) is 0. The van der Waals surface area contributed by atoms with E-state index < -0.39 is 24.1 Å². The van der Waals surface area contributed by atoms with Gasteiger partial charge in [-0.2, -0.15) is 0 Å². The molecule has 3 amide bonds. The van der Waals surface area contributed by atoms with Crippen molar-refractivity contribution >= 4 is 17.9 Å². The van der Waals surface area contributed by atoms with Crippen LogP contribution in [0.15, 0.2) is 0 Å². The van der Waals surface area contributed by atoms with Crippen LogP contribution < -0.4 is 10.6 Å². The first-order valence-electron chi connectivity index (χ1n) is 6.15. The molecule has 0 aliphatic carbocycles. The van der Waals surface area contributed by atoms with Crippen molar-refractivity contribution in [1.29, 1.82) is 0 Å². The van der Waals surface area contributed by atoms with Gasteiger partial charge >= 0.3 is 12.0 Å². The molecule has 8 nitrogen and oxygen atoms in total. The van der Waals surface area contributed by atoms with Crippen molar-refractivity contribution in [3.05, 3.63) is 0 Å². The Morgan fingerprint density at radius 2 is 1.84 bits per heavy atom. The number of carboxylic acid groups (broad SMARTS) is 1. The molecule has 0 aromatic carbocycles. The molecule has 0 aromatic heterocycles. The van der Waals surface area contributed by atoms with Gasteiger partial charge in [-0.1, -0.05) is 0 Å². The molecule has 19 heavy (non-hydrogen) atoms. The maximum absolute atomic E-state index is 11.6. The molecule has 1 rings (SSSR count). The number of carboxylic acids is 1. The number of likely N-dealkylation sites (tertiary alicyclic amines) is 1. The van der Waals surface area contributed by atoms with Gasteiger partial charge in [-0.25, -0.2) is 9.59 Å². The lowest BCUT2D eigenvalue weighted by Gasteiger charge is -2.19. The molecule has 1 aliphatic rings. The first-order chi connectivity index (χ1) is 8.91. The summed E-state index contributed by atoms with van der Waals surface area (Å²) in [4.78, 5) is 35.4. The van der Waals surface area contributed by atoms with Crippen LogP contribution in [0.3, 0.4) is 0 Å². The second kappa shape index (κ2) is 6.93. The molecule has 0 saturated carbocycles. The Labute approximate surface area is 110 Å². The van der Waals surface area contributed by atoms with Crippen molar-refractivity contribution in [3.8, 4) is 0 Å². The quantitative estimate of drug-likeness (QED) is 0.498. The van der Waals surface area contributed by atoms with Crippen LogP contribution in [0.5, 0.6) is 0 Å². The molecule has 1 aliphatic heterocycles. The number of hydrogen-bond acceptors (Lipinski definition) is 4. The number of hydrogen-bond donors (Lipinski definition) is 4. The van der Waals surface area contributed by atoms with Crippen molar-refractivity contribution < 1.29 is 24.6 Å². The van der Waals surface area contributed by atoms with Crippen LogP contribution in [0.2, 0.25) is 0 Å². The maximum atomic E-state index is 11.6. The highest BCUT2D eigenvalue weighted by Gasteiger charge is 2.25. The molecule has 0 spiro atoms. The molecule has 1 heterocycles. The van der Waals surface area contributed by atoms with E-state index in [1.165, 1.54) is 6.92 Å². The van der Waals surface area contributed by atoms with Gasteiger partial charge in [0.1, 0.15) is 0 Å². The SMILES string of the molecule is CC(O)C(NC(=O)NCC(=O)N1CCCC1)C(=O)O. The van der Waals surface area contributed by atoms with E-state index in [2.05, 4.69) is 10.6 Å². The van der Waals surface area contributed by atoms with Crippen LogP contribution in [-0.4, -0.2) is 64.8 Å². The number of carbonyl (C=O) groups is 3. The van der Waals surface area contributed by atoms with E-state index >= 15 is 0 Å². The van der Waals surface area contributed by atoms with E-state index in [0.29, 0.717) is 13.1 Å². The number of urea groups is 1. The van der Waals surface area contributed by atoms with Gasteiger partial charge < -0.3 is 25.7 Å². The largest absolute Gasteiger partial charge is 0.480 e. The normalized spacial score (nSPS) is 17.7. The van der Waals surface area contributed by atoms with Gasteiger partial charge in [0, 0.05) is 13.1 Å². The minimum Gasteiger partial charge on any atom is -0.480 e. The molecule has 1 fully saturated rings. The fraction of sp³-hybridized carbons (Fsp3) is 0.727. The number of nitrogens with one attached hydrogen (secondary N) is 2. The zero-order valence-electron chi connectivity index (χ0n) is 10.8. The molecule has 1 saturated heterocycles. The monoisotopic (exact) mass is 273 g/mol. The third-order valence-electron chi connectivity index (χ3n) is 2.89. The summed E-state index contributed by atoms with van der Waals surface area (Å²) >= 11 is 0. The highest BCUT2D eigenvalue weighted by molar-refractivity contribution is 5.86. The Hall–Kier alpha value is -1.83. The first kappa shape index (κ1) is 15.2. The molecule has 8 heteroatoms. The van der Waals surface area contributed by atoms with Crippen LogP contribution in [0, 0.1) is 0 Å². The summed E-state index contributed by atoms with van der Waals surface area (Å²) in [6, 6.07) is -2.19. The first-order valence-corrected chi connectivity index (χ1v) is 6.15. The fourth-order valence-electron chi connectivity index (χ4n) is 1.82. The topological polar surface area (TPSA) is 119 Å². The summed E-state index contributed by atoms with van der Waals surface area (Å²) in [5, 5.41) is 22.3. The smallest absolute Gasteiger partial charge is 0.328 e. The Morgan fingerprint density at radius 1 is 1.26 bits per heavy atom. The van der Waals surface area contributed by atoms with Crippen LogP contribution in [0.1, 0.15) is 19.8 Å². The highest BCUT2D eigenvalue weighted by Crippen LogP contribution is 2.06. The van der Waals surface area contributed by atoms with E-state index in [-0.39, 0.29) is 12.5 Å². The van der Waals surface area contributed by atoms with Crippen molar-refractivity contribution in [2.24, 2.45) is 0 Å². The summed E-state index contributed by atoms with van der Waals surface area (Å²) in [6.45, 7) is 2.45. The van der Waals surface area contributed by atoms with Crippen LogP contribution in [-0.2, 0) is 9.59 Å². The lowest BCUT2D eigenvalue weighted by molar-refractivity contribution is -0.141. The summed E-state index contributed by atoms with van der Waals surface area (Å²) in [5.74, 6) is -1.53. The predicted molar refractivity (Wildman–Crippen MR) is 65.5 cm³/mol. The molecule has 0 aromatic rings. The Bertz CT molecular complexity index is 352. The number of nitrogens with zero attached hydrogens (tertiary/aromatic N) is 1. The Balaban J connectivity index is 2.34. The Morgan fingerprint density at radius 3 is 2.32 bits per heavy atom. The summed E-state index contributed by atoms with van der Waals surface area (Å²) in [6.07, 6.45) is 0.694. The summed E-state index contributed by atoms with van der Waals surface area (Å²) in [5.41, 5.74) is 0. The fourth-order valence-corrected chi connectivity index (χ4v) is 1.82. The average molecular weight is 273 g/mol. The van der Waals surface area contributed by atoms with Crippen molar-refractivity contribution in [1.82, 2.24) is 15.5 Å². The molecule has 2 unspecified atom stereocenters. The van der Waals surface area contributed by atoms with E-state index in [4.69, 9.17) is 5.11 Å². The van der Waals surface area contributed by atoms with E-state index in [1.54, 1.807) is 4.90 Å². The number of aliphatic hydroxyl groups is 1. The zero-order valence-corrected chi connectivity index (χ0v) is 10.8. The van der Waals surface area contributed by atoms with Gasteiger partial charge in [0.25, 0.3) is 0 Å². The highest BCUT2D eigenvalue weighted by atomic mass is 16.4. The van der Waals surface area contributed by atoms with Crippen molar-refractivity contribution in [2.75, 3.05) is 19.6 Å². The van der Waals surface area contributed by atoms with Gasteiger partial charge in [-0.05, 0) is 19.8 Å². The van der Waals surface area contributed by atoms with Gasteiger partial charge in [0.15, 0.2) is 6.04 Å². The molecule has 0 radical (unpaired) electrons. The second-order valence-electron chi connectivity index (χ2n) is 4.47. The number of aliphatic hydroxyl groups excluding tert-OH is 1. The van der Waals surface area contributed by atoms with Gasteiger partial charge in [-0.3, -0.25) is 4.79 Å². The third kappa shape index (κ3) is 4.74. The van der Waals surface area contributed by atoms with E-state index in [1.807, 2.05) is 0 Å².